The van der Waals surface area contributed by atoms with Gasteiger partial charge in [-0.3, -0.25) is 9.59 Å². The number of rotatable bonds is 7. The van der Waals surface area contributed by atoms with Crippen LogP contribution in [0, 0.1) is 18.3 Å². The van der Waals surface area contributed by atoms with Gasteiger partial charge in [0.05, 0.1) is 41.4 Å². The van der Waals surface area contributed by atoms with Crippen LogP contribution in [-0.4, -0.2) is 81.4 Å². The second-order valence-electron chi connectivity index (χ2n) is 11.1. The molecule has 0 saturated carbocycles. The number of alkyl halides is 3. The number of benzene rings is 1. The van der Waals surface area contributed by atoms with Gasteiger partial charge in [0.2, 0.25) is 11.9 Å². The summed E-state index contributed by atoms with van der Waals surface area (Å²) >= 11 is 0. The summed E-state index contributed by atoms with van der Waals surface area (Å²) in [6, 6.07) is 6.09. The van der Waals surface area contributed by atoms with Gasteiger partial charge in [0.25, 0.3) is 5.56 Å². The second-order valence-corrected chi connectivity index (χ2v) is 11.1. The van der Waals surface area contributed by atoms with Gasteiger partial charge >= 0.3 is 6.18 Å². The average molecular weight is 596 g/mol. The van der Waals surface area contributed by atoms with Gasteiger partial charge in [-0.25, -0.2) is 4.98 Å². The number of hydrogen-bond acceptors (Lipinski definition) is 9. The van der Waals surface area contributed by atoms with Crippen LogP contribution in [0.15, 0.2) is 41.8 Å². The summed E-state index contributed by atoms with van der Waals surface area (Å²) in [7, 11) is 0. The van der Waals surface area contributed by atoms with Gasteiger partial charge in [-0.05, 0) is 24.6 Å². The molecule has 0 bridgehead atoms. The molecule has 0 spiro atoms. The molecular formula is C29H32F3N9O2. The Balaban J connectivity index is 1.64. The summed E-state index contributed by atoms with van der Waals surface area (Å²) < 4.78 is 42.9. The number of nitriles is 1. The normalized spacial score (nSPS) is 17.7. The molecule has 2 aliphatic heterocycles. The molecular weight excluding hydrogens is 563 g/mol. The van der Waals surface area contributed by atoms with E-state index < -0.39 is 29.0 Å². The van der Waals surface area contributed by atoms with E-state index in [0.29, 0.717) is 25.5 Å². The molecule has 1 atom stereocenters. The highest BCUT2D eigenvalue weighted by molar-refractivity contribution is 5.90. The van der Waals surface area contributed by atoms with E-state index in [0.717, 1.165) is 4.68 Å². The van der Waals surface area contributed by atoms with Crippen molar-refractivity contribution < 1.29 is 18.0 Å². The van der Waals surface area contributed by atoms with Crippen molar-refractivity contribution in [3.05, 3.63) is 58.5 Å². The van der Waals surface area contributed by atoms with E-state index in [9.17, 15) is 28.0 Å². The van der Waals surface area contributed by atoms with Gasteiger partial charge in [-0.1, -0.05) is 32.6 Å². The zero-order valence-corrected chi connectivity index (χ0v) is 24.1. The predicted octanol–water partition coefficient (Wildman–Crippen LogP) is 2.81. The lowest BCUT2D eigenvalue weighted by Crippen LogP contribution is -2.60. The summed E-state index contributed by atoms with van der Waals surface area (Å²) in [6.45, 7) is 11.0. The molecule has 2 saturated heterocycles. The Morgan fingerprint density at radius 2 is 1.95 bits per heavy atom. The Morgan fingerprint density at radius 3 is 2.60 bits per heavy atom. The highest BCUT2D eigenvalue weighted by Gasteiger charge is 2.37. The number of hydrogen-bond donors (Lipinski definition) is 1. The first kappa shape index (κ1) is 30.0. The van der Waals surface area contributed by atoms with Crippen LogP contribution in [0.4, 0.5) is 24.9 Å². The minimum absolute atomic E-state index is 0.0392. The highest BCUT2D eigenvalue weighted by atomic mass is 19.4. The lowest BCUT2D eigenvalue weighted by Gasteiger charge is -2.42. The third-order valence-electron chi connectivity index (χ3n) is 7.67. The first-order valence-corrected chi connectivity index (χ1v) is 14.0. The summed E-state index contributed by atoms with van der Waals surface area (Å²) in [5, 5.41) is 17.3. The van der Waals surface area contributed by atoms with Gasteiger partial charge in [0, 0.05) is 44.8 Å². The van der Waals surface area contributed by atoms with Gasteiger partial charge in [-0.15, -0.1) is 0 Å². The predicted molar refractivity (Wildman–Crippen MR) is 155 cm³/mol. The fraction of sp³-hybridized carbons (Fsp3) is 0.448. The molecule has 2 fully saturated rings. The number of carbonyl (C=O) groups excluding carboxylic acids is 1. The van der Waals surface area contributed by atoms with Crippen LogP contribution >= 0.6 is 0 Å². The van der Waals surface area contributed by atoms with Crippen LogP contribution in [0.5, 0.6) is 0 Å². The van der Waals surface area contributed by atoms with E-state index in [-0.39, 0.29) is 59.9 Å². The third kappa shape index (κ3) is 5.77. The number of nitrogens with zero attached hydrogens (tertiary/aromatic N) is 8. The average Bonchev–Trinajstić information content (AvgIpc) is 2.93. The number of piperazine rings is 1. The van der Waals surface area contributed by atoms with Crippen molar-refractivity contribution in [3.8, 4) is 11.8 Å². The molecule has 0 aliphatic carbocycles. The van der Waals surface area contributed by atoms with Crippen molar-refractivity contribution in [1.29, 1.82) is 5.26 Å². The summed E-state index contributed by atoms with van der Waals surface area (Å²) in [4.78, 5) is 41.0. The molecule has 2 aromatic heterocycles. The maximum atomic E-state index is 14.1. The first-order valence-electron chi connectivity index (χ1n) is 14.0. The zero-order valence-electron chi connectivity index (χ0n) is 24.1. The zero-order chi connectivity index (χ0) is 31.1. The Hall–Kier alpha value is -4.51. The minimum Gasteiger partial charge on any atom is -0.352 e. The van der Waals surface area contributed by atoms with Crippen molar-refractivity contribution in [2.45, 2.75) is 51.5 Å². The number of carbonyl (C=O) groups is 1. The SMILES string of the molecule is C=CC(=O)N1CCN(c2nc(N3CC(NC(C)C)C3)nc3c(=O)n(-c4cccc(C)c4C(F)(F)F)ncc23)CC1CC#N. The van der Waals surface area contributed by atoms with Crippen molar-refractivity contribution in [1.82, 2.24) is 30.0 Å². The molecule has 226 valence electrons. The molecule has 14 heteroatoms. The minimum atomic E-state index is -4.72. The number of aromatic nitrogens is 4. The molecule has 0 radical (unpaired) electrons. The molecule has 3 aromatic rings. The topological polar surface area (TPSA) is 123 Å². The van der Waals surface area contributed by atoms with Crippen LogP contribution in [0.1, 0.15) is 31.4 Å². The summed E-state index contributed by atoms with van der Waals surface area (Å²) in [6.07, 6.45) is -2.14. The molecule has 43 heavy (non-hydrogen) atoms. The molecule has 4 heterocycles. The number of aryl methyl sites for hydroxylation is 1. The van der Waals surface area contributed by atoms with Crippen LogP contribution < -0.4 is 20.7 Å². The van der Waals surface area contributed by atoms with E-state index in [1.807, 2.05) is 23.6 Å². The molecule has 1 N–H and O–H groups in total. The molecule has 1 amide bonds. The molecule has 11 nitrogen and oxygen atoms in total. The van der Waals surface area contributed by atoms with Crippen LogP contribution in [0.2, 0.25) is 0 Å². The van der Waals surface area contributed by atoms with Crippen LogP contribution in [0.25, 0.3) is 16.6 Å². The van der Waals surface area contributed by atoms with E-state index in [1.165, 1.54) is 37.4 Å². The molecule has 1 unspecified atom stereocenters. The van der Waals surface area contributed by atoms with E-state index in [1.54, 1.807) is 4.90 Å². The number of anilines is 2. The molecule has 1 aromatic carbocycles. The fourth-order valence-corrected chi connectivity index (χ4v) is 5.70. The van der Waals surface area contributed by atoms with Crippen LogP contribution in [0.3, 0.4) is 0 Å². The van der Waals surface area contributed by atoms with Crippen molar-refractivity contribution in [3.63, 3.8) is 0 Å². The number of fused-ring (bicyclic) bond motifs is 1. The quantitative estimate of drug-likeness (QED) is 0.411. The Morgan fingerprint density at radius 1 is 1.21 bits per heavy atom. The number of amides is 1. The van der Waals surface area contributed by atoms with Crippen molar-refractivity contribution >= 4 is 28.6 Å². The van der Waals surface area contributed by atoms with Gasteiger partial charge in [0.15, 0.2) is 0 Å². The second kappa shape index (κ2) is 11.6. The largest absolute Gasteiger partial charge is 0.418 e. The van der Waals surface area contributed by atoms with Gasteiger partial charge in [0.1, 0.15) is 11.3 Å². The fourth-order valence-electron chi connectivity index (χ4n) is 5.70. The lowest BCUT2D eigenvalue weighted by molar-refractivity contribution is -0.138. The van der Waals surface area contributed by atoms with Gasteiger partial charge < -0.3 is 20.0 Å². The third-order valence-corrected chi connectivity index (χ3v) is 7.67. The van der Waals surface area contributed by atoms with Crippen molar-refractivity contribution in [2.24, 2.45) is 0 Å². The van der Waals surface area contributed by atoms with E-state index >= 15 is 0 Å². The number of halogens is 3. The summed E-state index contributed by atoms with van der Waals surface area (Å²) in [5.41, 5.74) is -2.28. The summed E-state index contributed by atoms with van der Waals surface area (Å²) in [5.74, 6) is 0.340. The Labute approximate surface area is 246 Å². The van der Waals surface area contributed by atoms with Crippen molar-refractivity contribution in [2.75, 3.05) is 42.5 Å². The molecule has 2 aliphatic rings. The standard InChI is InChI=1S/C29H32F3N9O2/c1-5-23(42)40-12-11-38(16-20(40)9-10-33)26-21-13-34-41(22-8-6-7-18(4)24(22)29(30,31)32)27(43)25(21)36-28(37-26)39-14-19(15-39)35-17(2)3/h5-8,13,17,19-20,35H,1,9,11-12,14-16H2,2-4H3. The smallest absolute Gasteiger partial charge is 0.352 e. The number of nitrogens with one attached hydrogen (secondary N) is 1. The van der Waals surface area contributed by atoms with E-state index in [2.05, 4.69) is 28.0 Å². The highest BCUT2D eigenvalue weighted by Crippen LogP contribution is 2.36. The molecule has 5 rings (SSSR count). The van der Waals surface area contributed by atoms with Crippen LogP contribution in [-0.2, 0) is 11.0 Å². The lowest BCUT2D eigenvalue weighted by atomic mass is 10.1. The Kier molecular flexibility index (Phi) is 8.11. The van der Waals surface area contributed by atoms with E-state index in [4.69, 9.17) is 4.98 Å². The first-order chi connectivity index (χ1) is 20.4. The van der Waals surface area contributed by atoms with Gasteiger partial charge in [-0.2, -0.15) is 33.2 Å². The maximum Gasteiger partial charge on any atom is 0.418 e. The monoisotopic (exact) mass is 595 g/mol. The Bertz CT molecular complexity index is 1660. The maximum absolute atomic E-state index is 14.1.